The molecule has 0 aromatic heterocycles. The fraction of sp³-hybridized carbons (Fsp3) is 0.222. The predicted octanol–water partition coefficient (Wildman–Crippen LogP) is 2.16. The summed E-state index contributed by atoms with van der Waals surface area (Å²) >= 11 is 0. The SMILES string of the molecule is Cc1ccc(OC(F)F)c(NC=O)c1. The predicted molar refractivity (Wildman–Crippen MR) is 47.5 cm³/mol. The van der Waals surface area contributed by atoms with Crippen LogP contribution in [-0.4, -0.2) is 13.0 Å². The van der Waals surface area contributed by atoms with E-state index < -0.39 is 6.61 Å². The summed E-state index contributed by atoms with van der Waals surface area (Å²) in [5.74, 6) is -0.0438. The Morgan fingerprint density at radius 2 is 2.21 bits per heavy atom. The minimum absolute atomic E-state index is 0.0438. The van der Waals surface area contributed by atoms with Gasteiger partial charge in [0.25, 0.3) is 0 Å². The Balaban J connectivity index is 2.95. The molecule has 3 nitrogen and oxygen atoms in total. The molecule has 0 saturated heterocycles. The van der Waals surface area contributed by atoms with Crippen molar-refractivity contribution < 1.29 is 18.3 Å². The molecule has 0 atom stereocenters. The number of hydrogen-bond donors (Lipinski definition) is 1. The van der Waals surface area contributed by atoms with Crippen LogP contribution in [0.25, 0.3) is 0 Å². The summed E-state index contributed by atoms with van der Waals surface area (Å²) in [5, 5.41) is 2.28. The molecular weight excluding hydrogens is 192 g/mol. The third-order valence-corrected chi connectivity index (χ3v) is 1.57. The molecule has 0 bridgehead atoms. The number of aryl methyl sites for hydroxylation is 1. The maximum atomic E-state index is 11.9. The molecule has 5 heteroatoms. The van der Waals surface area contributed by atoms with Crippen molar-refractivity contribution in [3.63, 3.8) is 0 Å². The van der Waals surface area contributed by atoms with Gasteiger partial charge in [0.15, 0.2) is 0 Å². The van der Waals surface area contributed by atoms with Gasteiger partial charge in [-0.15, -0.1) is 0 Å². The smallest absolute Gasteiger partial charge is 0.387 e. The zero-order valence-corrected chi connectivity index (χ0v) is 7.46. The molecule has 1 aromatic carbocycles. The van der Waals surface area contributed by atoms with Crippen LogP contribution in [-0.2, 0) is 4.79 Å². The summed E-state index contributed by atoms with van der Waals surface area (Å²) < 4.78 is 28.0. The van der Waals surface area contributed by atoms with Crippen LogP contribution in [0.1, 0.15) is 5.56 Å². The van der Waals surface area contributed by atoms with Gasteiger partial charge in [-0.25, -0.2) is 0 Å². The largest absolute Gasteiger partial charge is 0.433 e. The highest BCUT2D eigenvalue weighted by Crippen LogP contribution is 2.26. The lowest BCUT2D eigenvalue weighted by Gasteiger charge is -2.09. The first kappa shape index (κ1) is 10.4. The van der Waals surface area contributed by atoms with Crippen molar-refractivity contribution in [1.82, 2.24) is 0 Å². The normalized spacial score (nSPS) is 10.0. The van der Waals surface area contributed by atoms with Gasteiger partial charge in [-0.05, 0) is 24.6 Å². The topological polar surface area (TPSA) is 38.3 Å². The number of hydrogen-bond acceptors (Lipinski definition) is 2. The van der Waals surface area contributed by atoms with Crippen LogP contribution in [0.4, 0.5) is 14.5 Å². The first-order valence-corrected chi connectivity index (χ1v) is 3.89. The molecule has 0 heterocycles. The molecule has 0 aliphatic carbocycles. The van der Waals surface area contributed by atoms with Gasteiger partial charge in [0.05, 0.1) is 5.69 Å². The monoisotopic (exact) mass is 201 g/mol. The fourth-order valence-electron chi connectivity index (χ4n) is 1.02. The molecule has 0 fully saturated rings. The Bertz CT molecular complexity index is 329. The zero-order valence-electron chi connectivity index (χ0n) is 7.46. The molecule has 0 aliphatic heterocycles. The number of rotatable bonds is 4. The maximum absolute atomic E-state index is 11.9. The van der Waals surface area contributed by atoms with Crippen molar-refractivity contribution in [3.8, 4) is 5.75 Å². The summed E-state index contributed by atoms with van der Waals surface area (Å²) in [6, 6.07) is 4.55. The minimum atomic E-state index is -2.90. The van der Waals surface area contributed by atoms with Gasteiger partial charge in [0.2, 0.25) is 6.41 Å². The van der Waals surface area contributed by atoms with Crippen LogP contribution in [0.3, 0.4) is 0 Å². The Kier molecular flexibility index (Phi) is 3.39. The zero-order chi connectivity index (χ0) is 10.6. The highest BCUT2D eigenvalue weighted by atomic mass is 19.3. The third-order valence-electron chi connectivity index (χ3n) is 1.57. The quantitative estimate of drug-likeness (QED) is 0.758. The number of anilines is 1. The van der Waals surface area contributed by atoms with E-state index in [1.807, 2.05) is 0 Å². The molecule has 1 N–H and O–H groups in total. The van der Waals surface area contributed by atoms with E-state index in [9.17, 15) is 13.6 Å². The van der Waals surface area contributed by atoms with E-state index in [-0.39, 0.29) is 11.4 Å². The average Bonchev–Trinajstić information content (AvgIpc) is 2.09. The van der Waals surface area contributed by atoms with E-state index in [2.05, 4.69) is 10.1 Å². The van der Waals surface area contributed by atoms with Crippen molar-refractivity contribution in [2.75, 3.05) is 5.32 Å². The van der Waals surface area contributed by atoms with Crippen molar-refractivity contribution >= 4 is 12.1 Å². The van der Waals surface area contributed by atoms with Crippen LogP contribution >= 0.6 is 0 Å². The van der Waals surface area contributed by atoms with Crippen molar-refractivity contribution in [1.29, 1.82) is 0 Å². The van der Waals surface area contributed by atoms with E-state index in [0.717, 1.165) is 5.56 Å². The maximum Gasteiger partial charge on any atom is 0.387 e. The Hall–Kier alpha value is -1.65. The number of benzene rings is 1. The van der Waals surface area contributed by atoms with Gasteiger partial charge in [-0.1, -0.05) is 6.07 Å². The third kappa shape index (κ3) is 2.69. The number of alkyl halides is 2. The number of ether oxygens (including phenoxy) is 1. The summed E-state index contributed by atoms with van der Waals surface area (Å²) in [6.45, 7) is -1.12. The van der Waals surface area contributed by atoms with Crippen LogP contribution in [0, 0.1) is 6.92 Å². The van der Waals surface area contributed by atoms with Gasteiger partial charge >= 0.3 is 6.61 Å². The van der Waals surface area contributed by atoms with Gasteiger partial charge in [0, 0.05) is 0 Å². The van der Waals surface area contributed by atoms with Crippen molar-refractivity contribution in [2.45, 2.75) is 13.5 Å². The summed E-state index contributed by atoms with van der Waals surface area (Å²) in [4.78, 5) is 10.2. The van der Waals surface area contributed by atoms with Gasteiger partial charge in [-0.3, -0.25) is 4.79 Å². The fourth-order valence-corrected chi connectivity index (χ4v) is 1.02. The van der Waals surface area contributed by atoms with Crippen LogP contribution in [0.15, 0.2) is 18.2 Å². The van der Waals surface area contributed by atoms with Crippen molar-refractivity contribution in [3.05, 3.63) is 23.8 Å². The van der Waals surface area contributed by atoms with Crippen LogP contribution < -0.4 is 10.1 Å². The highest BCUT2D eigenvalue weighted by Gasteiger charge is 2.08. The van der Waals surface area contributed by atoms with E-state index in [1.165, 1.54) is 6.07 Å². The van der Waals surface area contributed by atoms with Gasteiger partial charge in [0.1, 0.15) is 5.75 Å². The molecule has 0 aliphatic rings. The molecule has 1 rings (SSSR count). The molecule has 76 valence electrons. The Morgan fingerprint density at radius 3 is 2.79 bits per heavy atom. The molecule has 1 amide bonds. The number of carbonyl (C=O) groups excluding carboxylic acids is 1. The average molecular weight is 201 g/mol. The number of carbonyl (C=O) groups is 1. The lowest BCUT2D eigenvalue weighted by molar-refractivity contribution is -0.105. The lowest BCUT2D eigenvalue weighted by Crippen LogP contribution is -2.05. The molecular formula is C9H9F2NO2. The standard InChI is InChI=1S/C9H9F2NO2/c1-6-2-3-8(14-9(10)11)7(4-6)12-5-13/h2-5,9H,1H3,(H,12,13). The molecule has 0 radical (unpaired) electrons. The summed E-state index contributed by atoms with van der Waals surface area (Å²) in [6.07, 6.45) is 0.410. The second-order valence-electron chi connectivity index (χ2n) is 2.64. The highest BCUT2D eigenvalue weighted by molar-refractivity contribution is 5.75. The first-order valence-electron chi connectivity index (χ1n) is 3.89. The Morgan fingerprint density at radius 1 is 1.50 bits per heavy atom. The number of halogens is 2. The first-order chi connectivity index (χ1) is 6.63. The number of amides is 1. The molecule has 0 saturated carbocycles. The van der Waals surface area contributed by atoms with Crippen LogP contribution in [0.2, 0.25) is 0 Å². The number of nitrogens with one attached hydrogen (secondary N) is 1. The summed E-state index contributed by atoms with van der Waals surface area (Å²) in [5.41, 5.74) is 1.08. The molecule has 0 unspecified atom stereocenters. The molecule has 14 heavy (non-hydrogen) atoms. The summed E-state index contributed by atoms with van der Waals surface area (Å²) in [7, 11) is 0. The van der Waals surface area contributed by atoms with Crippen LogP contribution in [0.5, 0.6) is 5.75 Å². The van der Waals surface area contributed by atoms with E-state index >= 15 is 0 Å². The van der Waals surface area contributed by atoms with E-state index in [4.69, 9.17) is 0 Å². The lowest BCUT2D eigenvalue weighted by atomic mass is 10.2. The van der Waals surface area contributed by atoms with Gasteiger partial charge in [-0.2, -0.15) is 8.78 Å². The minimum Gasteiger partial charge on any atom is -0.433 e. The van der Waals surface area contributed by atoms with E-state index in [0.29, 0.717) is 6.41 Å². The van der Waals surface area contributed by atoms with Gasteiger partial charge < -0.3 is 10.1 Å². The molecule has 1 aromatic rings. The second-order valence-corrected chi connectivity index (χ2v) is 2.64. The Labute approximate surface area is 79.7 Å². The molecule has 0 spiro atoms. The van der Waals surface area contributed by atoms with Crippen molar-refractivity contribution in [2.24, 2.45) is 0 Å². The van der Waals surface area contributed by atoms with E-state index in [1.54, 1.807) is 19.1 Å². The second kappa shape index (κ2) is 4.55.